The summed E-state index contributed by atoms with van der Waals surface area (Å²) in [7, 11) is -3.75. The molecule has 2 atom stereocenters. The van der Waals surface area contributed by atoms with E-state index < -0.39 is 10.0 Å². The van der Waals surface area contributed by atoms with Crippen LogP contribution in [-0.4, -0.2) is 27.2 Å². The van der Waals surface area contributed by atoms with Crippen molar-refractivity contribution in [2.75, 3.05) is 12.3 Å². The summed E-state index contributed by atoms with van der Waals surface area (Å²) >= 11 is 11.7. The van der Waals surface area contributed by atoms with E-state index >= 15 is 0 Å². The minimum atomic E-state index is -3.75. The number of hydrogen-bond donors (Lipinski definition) is 2. The molecule has 0 aliphatic carbocycles. The van der Waals surface area contributed by atoms with Crippen molar-refractivity contribution in [3.8, 4) is 0 Å². The predicted molar refractivity (Wildman–Crippen MR) is 75.0 cm³/mol. The Kier molecular flexibility index (Phi) is 4.27. The molecule has 1 heterocycles. The number of ether oxygens (including phenoxy) is 1. The smallest absolute Gasteiger partial charge is 0.242 e. The molecule has 3 N–H and O–H groups in total. The van der Waals surface area contributed by atoms with Gasteiger partial charge in [0.05, 0.1) is 27.9 Å². The van der Waals surface area contributed by atoms with Crippen LogP contribution in [0.5, 0.6) is 0 Å². The molecule has 19 heavy (non-hydrogen) atoms. The van der Waals surface area contributed by atoms with E-state index in [9.17, 15) is 8.42 Å². The summed E-state index contributed by atoms with van der Waals surface area (Å²) in [5, 5.41) is 0.160. The Morgan fingerprint density at radius 1 is 1.42 bits per heavy atom. The zero-order valence-corrected chi connectivity index (χ0v) is 12.5. The fourth-order valence-corrected chi connectivity index (χ4v) is 4.01. The van der Waals surface area contributed by atoms with Gasteiger partial charge in [0.1, 0.15) is 4.90 Å². The van der Waals surface area contributed by atoms with Crippen molar-refractivity contribution in [3.05, 3.63) is 22.2 Å². The third-order valence-corrected chi connectivity index (χ3v) is 5.44. The minimum Gasteiger partial charge on any atom is -0.396 e. The summed E-state index contributed by atoms with van der Waals surface area (Å²) in [6.07, 6.45) is 0.458. The van der Waals surface area contributed by atoms with Gasteiger partial charge in [-0.25, -0.2) is 13.1 Å². The van der Waals surface area contributed by atoms with Crippen molar-refractivity contribution in [2.45, 2.75) is 30.4 Å². The van der Waals surface area contributed by atoms with E-state index in [1.54, 1.807) is 0 Å². The highest BCUT2D eigenvalue weighted by Gasteiger charge is 2.30. The Morgan fingerprint density at radius 2 is 2.11 bits per heavy atom. The summed E-state index contributed by atoms with van der Waals surface area (Å²) < 4.78 is 32.4. The Labute approximate surface area is 122 Å². The normalized spacial score (nSPS) is 23.7. The van der Waals surface area contributed by atoms with Crippen LogP contribution in [0.2, 0.25) is 10.0 Å². The lowest BCUT2D eigenvalue weighted by molar-refractivity contribution is 0.117. The summed E-state index contributed by atoms with van der Waals surface area (Å²) in [5.41, 5.74) is 5.69. The van der Waals surface area contributed by atoms with Crippen LogP contribution in [0.1, 0.15) is 13.3 Å². The number of nitrogens with two attached hydrogens (primary N) is 1. The third-order valence-electron chi connectivity index (χ3n) is 3.06. The lowest BCUT2D eigenvalue weighted by Crippen LogP contribution is -2.39. The first-order valence-corrected chi connectivity index (χ1v) is 7.94. The predicted octanol–water partition coefficient (Wildman–Crippen LogP) is 2.03. The molecule has 5 nitrogen and oxygen atoms in total. The second-order valence-electron chi connectivity index (χ2n) is 4.37. The molecule has 2 unspecified atom stereocenters. The monoisotopic (exact) mass is 324 g/mol. The van der Waals surface area contributed by atoms with E-state index in [4.69, 9.17) is 33.7 Å². The van der Waals surface area contributed by atoms with Crippen LogP contribution in [0.15, 0.2) is 17.0 Å². The van der Waals surface area contributed by atoms with Crippen LogP contribution in [-0.2, 0) is 14.8 Å². The van der Waals surface area contributed by atoms with Crippen molar-refractivity contribution in [2.24, 2.45) is 0 Å². The number of halogens is 2. The fourth-order valence-electron chi connectivity index (χ4n) is 1.91. The number of nitrogens with one attached hydrogen (secondary N) is 1. The summed E-state index contributed by atoms with van der Waals surface area (Å²) in [4.78, 5) is -0.0739. The Morgan fingerprint density at radius 3 is 2.68 bits per heavy atom. The maximum atomic E-state index is 12.3. The highest BCUT2D eigenvalue weighted by Crippen LogP contribution is 2.33. The lowest BCUT2D eigenvalue weighted by Gasteiger charge is -2.17. The quantitative estimate of drug-likeness (QED) is 0.833. The van der Waals surface area contributed by atoms with Crippen LogP contribution >= 0.6 is 23.2 Å². The van der Waals surface area contributed by atoms with Gasteiger partial charge in [-0.1, -0.05) is 23.2 Å². The van der Waals surface area contributed by atoms with E-state index in [1.807, 2.05) is 6.92 Å². The minimum absolute atomic E-state index is 0.0573. The average Bonchev–Trinajstić information content (AvgIpc) is 2.71. The van der Waals surface area contributed by atoms with E-state index in [-0.39, 0.29) is 32.8 Å². The first kappa shape index (κ1) is 14.9. The molecule has 0 bridgehead atoms. The van der Waals surface area contributed by atoms with Gasteiger partial charge in [0.15, 0.2) is 0 Å². The zero-order valence-electron chi connectivity index (χ0n) is 10.2. The van der Waals surface area contributed by atoms with Crippen LogP contribution in [0.4, 0.5) is 5.69 Å². The van der Waals surface area contributed by atoms with Crippen molar-refractivity contribution in [3.63, 3.8) is 0 Å². The standard InChI is InChI=1S/C11H14Cl2N2O3S/c1-6-8(4-5-18-6)15-19(16,17)9-3-2-7(12)11(14)10(9)13/h2-3,6,8,15H,4-5,14H2,1H3. The number of anilines is 1. The number of nitrogen functional groups attached to an aromatic ring is 1. The molecule has 2 rings (SSSR count). The van der Waals surface area contributed by atoms with Gasteiger partial charge in [-0.2, -0.15) is 0 Å². The second-order valence-corrected chi connectivity index (χ2v) is 6.83. The van der Waals surface area contributed by atoms with Gasteiger partial charge < -0.3 is 10.5 Å². The summed E-state index contributed by atoms with van der Waals surface area (Å²) in [6, 6.07) is 2.48. The highest BCUT2D eigenvalue weighted by atomic mass is 35.5. The number of benzene rings is 1. The van der Waals surface area contributed by atoms with Gasteiger partial charge in [-0.15, -0.1) is 0 Å². The molecule has 8 heteroatoms. The molecule has 1 fully saturated rings. The van der Waals surface area contributed by atoms with Gasteiger partial charge in [-0.05, 0) is 25.5 Å². The largest absolute Gasteiger partial charge is 0.396 e. The van der Waals surface area contributed by atoms with Gasteiger partial charge in [0.25, 0.3) is 0 Å². The SMILES string of the molecule is CC1OCCC1NS(=O)(=O)c1ccc(Cl)c(N)c1Cl. The first-order chi connectivity index (χ1) is 8.83. The third kappa shape index (κ3) is 2.98. The Balaban J connectivity index is 2.32. The molecule has 0 aromatic heterocycles. The molecule has 0 radical (unpaired) electrons. The van der Waals surface area contributed by atoms with Crippen molar-refractivity contribution < 1.29 is 13.2 Å². The maximum Gasteiger partial charge on any atom is 0.242 e. The van der Waals surface area contributed by atoms with E-state index in [0.717, 1.165) is 0 Å². The summed E-state index contributed by atoms with van der Waals surface area (Å²) in [6.45, 7) is 2.35. The first-order valence-electron chi connectivity index (χ1n) is 5.70. The molecule has 1 aromatic rings. The van der Waals surface area contributed by atoms with E-state index in [2.05, 4.69) is 4.72 Å². The van der Waals surface area contributed by atoms with Crippen molar-refractivity contribution in [1.82, 2.24) is 4.72 Å². The molecule has 1 aliphatic rings. The molecule has 1 aliphatic heterocycles. The van der Waals surface area contributed by atoms with Crippen molar-refractivity contribution >= 4 is 38.9 Å². The Hall–Kier alpha value is -0.530. The highest BCUT2D eigenvalue weighted by molar-refractivity contribution is 7.89. The molecular formula is C11H14Cl2N2O3S. The number of sulfonamides is 1. The number of hydrogen-bond acceptors (Lipinski definition) is 4. The van der Waals surface area contributed by atoms with E-state index in [1.165, 1.54) is 12.1 Å². The number of rotatable bonds is 3. The molecular weight excluding hydrogens is 311 g/mol. The molecule has 0 spiro atoms. The zero-order chi connectivity index (χ0) is 14.2. The molecule has 1 aromatic carbocycles. The van der Waals surface area contributed by atoms with Crippen LogP contribution in [0.25, 0.3) is 0 Å². The molecule has 0 saturated carbocycles. The van der Waals surface area contributed by atoms with Gasteiger partial charge >= 0.3 is 0 Å². The van der Waals surface area contributed by atoms with Crippen LogP contribution in [0.3, 0.4) is 0 Å². The topological polar surface area (TPSA) is 81.4 Å². The molecule has 1 saturated heterocycles. The fraction of sp³-hybridized carbons (Fsp3) is 0.455. The second kappa shape index (κ2) is 5.46. The molecule has 0 amide bonds. The average molecular weight is 325 g/mol. The maximum absolute atomic E-state index is 12.3. The lowest BCUT2D eigenvalue weighted by atomic mass is 10.2. The van der Waals surface area contributed by atoms with Gasteiger partial charge in [0.2, 0.25) is 10.0 Å². The van der Waals surface area contributed by atoms with Crippen LogP contribution in [0, 0.1) is 0 Å². The van der Waals surface area contributed by atoms with Gasteiger partial charge in [0, 0.05) is 6.61 Å². The van der Waals surface area contributed by atoms with Crippen molar-refractivity contribution in [1.29, 1.82) is 0 Å². The molecule has 106 valence electrons. The van der Waals surface area contributed by atoms with E-state index in [0.29, 0.717) is 13.0 Å². The Bertz CT molecular complexity index is 592. The van der Waals surface area contributed by atoms with Gasteiger partial charge in [-0.3, -0.25) is 0 Å². The van der Waals surface area contributed by atoms with Crippen LogP contribution < -0.4 is 10.5 Å². The summed E-state index contributed by atoms with van der Waals surface area (Å²) in [5.74, 6) is 0.